The van der Waals surface area contributed by atoms with Crippen LogP contribution in [0.4, 0.5) is 20.4 Å². The Morgan fingerprint density at radius 3 is 2.71 bits per heavy atom. The van der Waals surface area contributed by atoms with E-state index in [0.717, 1.165) is 0 Å². The number of nitrogens with one attached hydrogen (secondary N) is 2. The molecule has 0 aliphatic carbocycles. The van der Waals surface area contributed by atoms with Crippen molar-refractivity contribution in [3.63, 3.8) is 0 Å². The first kappa shape index (κ1) is 22.9. The summed E-state index contributed by atoms with van der Waals surface area (Å²) >= 11 is 6.05. The summed E-state index contributed by atoms with van der Waals surface area (Å²) in [5, 5.41) is 5.86. The number of carbonyl (C=O) groups excluding carboxylic acids is 2. The van der Waals surface area contributed by atoms with Crippen LogP contribution >= 0.6 is 11.6 Å². The summed E-state index contributed by atoms with van der Waals surface area (Å²) in [7, 11) is 1.78. The highest BCUT2D eigenvalue weighted by Crippen LogP contribution is 2.35. The topological polar surface area (TPSA) is 116 Å². The van der Waals surface area contributed by atoms with Crippen LogP contribution in [-0.2, 0) is 9.59 Å². The third-order valence-electron chi connectivity index (χ3n) is 5.57. The van der Waals surface area contributed by atoms with Gasteiger partial charge in [0.15, 0.2) is 12.1 Å². The number of likely N-dealkylation sites (tertiary alicyclic amines) is 1. The summed E-state index contributed by atoms with van der Waals surface area (Å²) in [6.45, 7) is 2.33. The molecule has 2 saturated heterocycles. The highest BCUT2D eigenvalue weighted by Gasteiger charge is 2.47. The van der Waals surface area contributed by atoms with Gasteiger partial charge in [-0.2, -0.15) is 0 Å². The predicted molar refractivity (Wildman–Crippen MR) is 112 cm³/mol. The minimum absolute atomic E-state index is 0.0644. The molecule has 4 N–H and O–H groups in total. The number of halogens is 3. The molecule has 0 saturated carbocycles. The standard InChI is InChI=1S/C19H24ClF2N7O2/c1-11(7-12(9-30)26-17-14(20)16(23)24-10-25-17)15-18(31)27-19(28(15)2)3-5-29(6-4-19)8-13(21)22/h7,9-10,13H,3-6,8H2,1-2H3,(H,27,31)(H3,23,24,25,26)/b12-7+,15-11-. The fraction of sp³-hybridized carbons (Fsp3) is 0.474. The number of aldehydes is 1. The number of rotatable bonds is 6. The van der Waals surface area contributed by atoms with Crippen molar-refractivity contribution in [2.45, 2.75) is 31.9 Å². The maximum Gasteiger partial charge on any atom is 0.269 e. The maximum atomic E-state index is 12.7. The van der Waals surface area contributed by atoms with Gasteiger partial charge >= 0.3 is 0 Å². The summed E-state index contributed by atoms with van der Waals surface area (Å²) in [5.74, 6) is -0.0555. The van der Waals surface area contributed by atoms with Crippen LogP contribution in [0.3, 0.4) is 0 Å². The van der Waals surface area contributed by atoms with Crippen molar-refractivity contribution >= 4 is 35.4 Å². The molecule has 3 rings (SSSR count). The monoisotopic (exact) mass is 455 g/mol. The molecule has 1 aromatic rings. The number of alkyl halides is 2. The summed E-state index contributed by atoms with van der Waals surface area (Å²) in [6.07, 6.45) is 1.93. The maximum absolute atomic E-state index is 12.7. The average molecular weight is 456 g/mol. The lowest BCUT2D eigenvalue weighted by Crippen LogP contribution is -2.57. The number of anilines is 2. The van der Waals surface area contributed by atoms with Gasteiger partial charge in [0, 0.05) is 33.0 Å². The van der Waals surface area contributed by atoms with Gasteiger partial charge in [-0.05, 0) is 18.6 Å². The lowest BCUT2D eigenvalue weighted by molar-refractivity contribution is -0.117. The minimum Gasteiger partial charge on any atom is -0.382 e. The molecule has 1 spiro atoms. The van der Waals surface area contributed by atoms with Gasteiger partial charge < -0.3 is 21.3 Å². The van der Waals surface area contributed by atoms with Gasteiger partial charge in [0.05, 0.1) is 12.2 Å². The zero-order valence-electron chi connectivity index (χ0n) is 17.2. The Kier molecular flexibility index (Phi) is 6.75. The number of likely N-dealkylation sites (N-methyl/N-ethyl adjacent to an activating group) is 1. The van der Waals surface area contributed by atoms with E-state index >= 15 is 0 Å². The number of carbonyl (C=O) groups is 2. The predicted octanol–water partition coefficient (Wildman–Crippen LogP) is 1.60. The summed E-state index contributed by atoms with van der Waals surface area (Å²) in [5.41, 5.74) is 6.07. The molecule has 0 bridgehead atoms. The zero-order chi connectivity index (χ0) is 22.8. The van der Waals surface area contributed by atoms with Gasteiger partial charge in [-0.15, -0.1) is 0 Å². The zero-order valence-corrected chi connectivity index (χ0v) is 17.9. The molecule has 9 nitrogen and oxygen atoms in total. The molecule has 168 valence electrons. The van der Waals surface area contributed by atoms with Gasteiger partial charge in [0.2, 0.25) is 0 Å². The highest BCUT2D eigenvalue weighted by atomic mass is 35.5. The van der Waals surface area contributed by atoms with Crippen LogP contribution in [-0.4, -0.2) is 70.7 Å². The van der Waals surface area contributed by atoms with Crippen LogP contribution < -0.4 is 16.4 Å². The number of nitrogen functional groups attached to an aromatic ring is 1. The Morgan fingerprint density at radius 1 is 1.42 bits per heavy atom. The largest absolute Gasteiger partial charge is 0.382 e. The fourth-order valence-corrected chi connectivity index (χ4v) is 4.08. The molecule has 12 heteroatoms. The Bertz CT molecular complexity index is 930. The number of nitrogens with zero attached hydrogens (tertiary/aromatic N) is 4. The Hall–Kier alpha value is -2.79. The van der Waals surface area contributed by atoms with Crippen molar-refractivity contribution < 1.29 is 18.4 Å². The van der Waals surface area contributed by atoms with Crippen LogP contribution in [0.1, 0.15) is 19.8 Å². The Balaban J connectivity index is 1.81. The number of hydrogen-bond donors (Lipinski definition) is 3. The highest BCUT2D eigenvalue weighted by molar-refractivity contribution is 6.35. The number of nitrogens with two attached hydrogens (primary N) is 1. The van der Waals surface area contributed by atoms with Gasteiger partial charge in [0.1, 0.15) is 28.5 Å². The molecule has 0 unspecified atom stereocenters. The van der Waals surface area contributed by atoms with Crippen LogP contribution in [0.15, 0.2) is 29.4 Å². The van der Waals surface area contributed by atoms with E-state index in [0.29, 0.717) is 43.5 Å². The van der Waals surface area contributed by atoms with Gasteiger partial charge in [-0.25, -0.2) is 18.7 Å². The Labute approximate surface area is 183 Å². The molecule has 1 amide bonds. The van der Waals surface area contributed by atoms with E-state index in [1.807, 2.05) is 4.90 Å². The van der Waals surface area contributed by atoms with Crippen molar-refractivity contribution in [1.82, 2.24) is 25.1 Å². The number of amides is 1. The van der Waals surface area contributed by atoms with Crippen molar-refractivity contribution in [1.29, 1.82) is 0 Å². The van der Waals surface area contributed by atoms with E-state index in [-0.39, 0.29) is 34.8 Å². The first-order chi connectivity index (χ1) is 14.7. The van der Waals surface area contributed by atoms with Gasteiger partial charge in [0.25, 0.3) is 12.3 Å². The Morgan fingerprint density at radius 2 is 2.10 bits per heavy atom. The van der Waals surface area contributed by atoms with Gasteiger partial charge in [-0.3, -0.25) is 14.5 Å². The lowest BCUT2D eigenvalue weighted by atomic mass is 9.96. The van der Waals surface area contributed by atoms with Crippen LogP contribution in [0, 0.1) is 0 Å². The van der Waals surface area contributed by atoms with E-state index in [4.69, 9.17) is 17.3 Å². The third kappa shape index (κ3) is 4.77. The van der Waals surface area contributed by atoms with Crippen LogP contribution in [0.5, 0.6) is 0 Å². The number of allylic oxidation sites excluding steroid dienone is 3. The molecule has 31 heavy (non-hydrogen) atoms. The van der Waals surface area contributed by atoms with Crippen molar-refractivity contribution in [3.8, 4) is 0 Å². The molecule has 2 aliphatic heterocycles. The molecule has 0 atom stereocenters. The average Bonchev–Trinajstić information content (AvgIpc) is 2.95. The SMILES string of the molecule is CC(/C=C(\C=O)Nc1ncnc(N)c1Cl)=C1\C(=O)NC2(CCN(CC(F)F)CC2)N1C. The van der Waals surface area contributed by atoms with Crippen LogP contribution in [0.25, 0.3) is 0 Å². The molecule has 0 radical (unpaired) electrons. The smallest absolute Gasteiger partial charge is 0.269 e. The first-order valence-corrected chi connectivity index (χ1v) is 10.0. The summed E-state index contributed by atoms with van der Waals surface area (Å²) < 4.78 is 25.3. The van der Waals surface area contributed by atoms with Crippen molar-refractivity contribution in [2.24, 2.45) is 0 Å². The molecular weight excluding hydrogens is 432 g/mol. The third-order valence-corrected chi connectivity index (χ3v) is 5.94. The molecule has 2 aliphatic rings. The van der Waals surface area contributed by atoms with Crippen molar-refractivity contribution in [2.75, 3.05) is 37.7 Å². The second-order valence-electron chi connectivity index (χ2n) is 7.53. The molecule has 3 heterocycles. The summed E-state index contributed by atoms with van der Waals surface area (Å²) in [6, 6.07) is 0. The quantitative estimate of drug-likeness (QED) is 0.437. The van der Waals surface area contributed by atoms with Gasteiger partial charge in [-0.1, -0.05) is 11.6 Å². The van der Waals surface area contributed by atoms with E-state index < -0.39 is 12.1 Å². The number of hydrogen-bond acceptors (Lipinski definition) is 8. The van der Waals surface area contributed by atoms with E-state index in [1.165, 1.54) is 12.4 Å². The molecule has 0 aromatic carbocycles. The van der Waals surface area contributed by atoms with Crippen molar-refractivity contribution in [3.05, 3.63) is 34.4 Å². The lowest BCUT2D eigenvalue weighted by Gasteiger charge is -2.43. The van der Waals surface area contributed by atoms with E-state index in [9.17, 15) is 18.4 Å². The fourth-order valence-electron chi connectivity index (χ4n) is 3.93. The van der Waals surface area contributed by atoms with E-state index in [2.05, 4.69) is 20.6 Å². The molecule has 1 aromatic heterocycles. The second-order valence-corrected chi connectivity index (χ2v) is 7.91. The normalized spacial score (nSPS) is 20.9. The number of aromatic nitrogens is 2. The minimum atomic E-state index is -2.39. The molecule has 2 fully saturated rings. The van der Waals surface area contributed by atoms with Crippen LogP contribution in [0.2, 0.25) is 5.02 Å². The van der Waals surface area contributed by atoms with E-state index in [1.54, 1.807) is 18.9 Å². The summed E-state index contributed by atoms with van der Waals surface area (Å²) in [4.78, 5) is 35.6. The second kappa shape index (κ2) is 9.15. The molecular formula is C19H24ClF2N7O2. The number of piperidine rings is 1. The first-order valence-electron chi connectivity index (χ1n) is 9.64.